The lowest BCUT2D eigenvalue weighted by Crippen LogP contribution is -2.40. The first-order valence-corrected chi connectivity index (χ1v) is 8.76. The second-order valence-corrected chi connectivity index (χ2v) is 6.66. The molecule has 130 valence electrons. The Kier molecular flexibility index (Phi) is 4.36. The third-order valence-electron chi connectivity index (χ3n) is 4.84. The molecule has 2 aromatic rings. The summed E-state index contributed by atoms with van der Waals surface area (Å²) in [6.45, 7) is 2.39. The molecule has 25 heavy (non-hydrogen) atoms. The number of imide groups is 1. The SMILES string of the molecule is O=C1CCCN1C(=O)CN1CC[C@H](Oc2ccc3ncccc3c2)C1. The quantitative estimate of drug-likeness (QED) is 0.850. The molecular weight excluding hydrogens is 318 g/mol. The number of pyridine rings is 1. The fraction of sp³-hybridized carbons (Fsp3) is 0.421. The normalized spacial score (nSPS) is 21.2. The minimum atomic E-state index is -0.0834. The van der Waals surface area contributed by atoms with Crippen LogP contribution in [0.3, 0.4) is 0 Å². The summed E-state index contributed by atoms with van der Waals surface area (Å²) in [5, 5.41) is 1.05. The van der Waals surface area contributed by atoms with Gasteiger partial charge in [0.2, 0.25) is 11.8 Å². The lowest BCUT2D eigenvalue weighted by atomic mass is 10.2. The number of rotatable bonds is 4. The fourth-order valence-electron chi connectivity index (χ4n) is 3.54. The maximum Gasteiger partial charge on any atom is 0.243 e. The molecule has 0 unspecified atom stereocenters. The van der Waals surface area contributed by atoms with E-state index < -0.39 is 0 Å². The Balaban J connectivity index is 1.34. The molecule has 2 fully saturated rings. The summed E-state index contributed by atoms with van der Waals surface area (Å²) < 4.78 is 6.08. The molecule has 0 saturated carbocycles. The molecular formula is C19H21N3O3. The zero-order chi connectivity index (χ0) is 17.2. The van der Waals surface area contributed by atoms with Crippen LogP contribution < -0.4 is 4.74 Å². The van der Waals surface area contributed by atoms with Gasteiger partial charge in [0.05, 0.1) is 12.1 Å². The summed E-state index contributed by atoms with van der Waals surface area (Å²) in [5.74, 6) is 0.704. The van der Waals surface area contributed by atoms with Crippen molar-refractivity contribution in [3.8, 4) is 5.75 Å². The molecule has 0 aliphatic carbocycles. The Hall–Kier alpha value is -2.47. The molecule has 0 bridgehead atoms. The monoisotopic (exact) mass is 339 g/mol. The number of fused-ring (bicyclic) bond motifs is 1. The van der Waals surface area contributed by atoms with Crippen molar-refractivity contribution in [2.75, 3.05) is 26.2 Å². The van der Waals surface area contributed by atoms with Crippen molar-refractivity contribution in [1.29, 1.82) is 0 Å². The van der Waals surface area contributed by atoms with Gasteiger partial charge in [0.15, 0.2) is 0 Å². The van der Waals surface area contributed by atoms with Gasteiger partial charge in [0.25, 0.3) is 0 Å². The van der Waals surface area contributed by atoms with Gasteiger partial charge in [0.1, 0.15) is 11.9 Å². The average molecular weight is 339 g/mol. The summed E-state index contributed by atoms with van der Waals surface area (Å²) in [5.41, 5.74) is 0.948. The van der Waals surface area contributed by atoms with E-state index in [0.29, 0.717) is 26.1 Å². The topological polar surface area (TPSA) is 62.7 Å². The summed E-state index contributed by atoms with van der Waals surface area (Å²) in [4.78, 5) is 31.7. The first-order chi connectivity index (χ1) is 12.2. The minimum Gasteiger partial charge on any atom is -0.489 e. The molecule has 0 N–H and O–H groups in total. The van der Waals surface area contributed by atoms with Gasteiger partial charge in [-0.1, -0.05) is 6.07 Å². The van der Waals surface area contributed by atoms with Crippen molar-refractivity contribution in [3.63, 3.8) is 0 Å². The number of ether oxygens (including phenoxy) is 1. The summed E-state index contributed by atoms with van der Waals surface area (Å²) in [6, 6.07) is 9.82. The van der Waals surface area contributed by atoms with Crippen LogP contribution in [-0.4, -0.2) is 58.9 Å². The van der Waals surface area contributed by atoms with Crippen LogP contribution in [-0.2, 0) is 9.59 Å². The molecule has 4 rings (SSSR count). The highest BCUT2D eigenvalue weighted by Gasteiger charge is 2.30. The van der Waals surface area contributed by atoms with Gasteiger partial charge in [-0.3, -0.25) is 24.4 Å². The molecule has 6 heteroatoms. The Morgan fingerprint density at radius 2 is 2.20 bits per heavy atom. The molecule has 2 aliphatic rings. The van der Waals surface area contributed by atoms with Gasteiger partial charge in [-0.05, 0) is 37.1 Å². The van der Waals surface area contributed by atoms with Gasteiger partial charge in [-0.25, -0.2) is 0 Å². The second kappa shape index (κ2) is 6.80. The van der Waals surface area contributed by atoms with Crippen molar-refractivity contribution in [2.24, 2.45) is 0 Å². The highest BCUT2D eigenvalue weighted by Crippen LogP contribution is 2.23. The Labute approximate surface area is 146 Å². The Morgan fingerprint density at radius 3 is 3.04 bits per heavy atom. The first kappa shape index (κ1) is 16.0. The molecule has 0 spiro atoms. The summed E-state index contributed by atoms with van der Waals surface area (Å²) in [7, 11) is 0. The van der Waals surface area contributed by atoms with E-state index in [0.717, 1.165) is 36.0 Å². The van der Waals surface area contributed by atoms with E-state index in [-0.39, 0.29) is 17.9 Å². The van der Waals surface area contributed by atoms with Crippen molar-refractivity contribution in [1.82, 2.24) is 14.8 Å². The molecule has 1 atom stereocenters. The standard InChI is InChI=1S/C19H21N3O3/c23-18-4-2-9-22(18)19(24)13-21-10-7-16(12-21)25-15-5-6-17-14(11-15)3-1-8-20-17/h1,3,5-6,8,11,16H,2,4,7,9-10,12-13H2/t16-/m0/s1. The number of hydrogen-bond donors (Lipinski definition) is 0. The highest BCUT2D eigenvalue weighted by molar-refractivity contribution is 5.97. The van der Waals surface area contributed by atoms with Crippen molar-refractivity contribution >= 4 is 22.7 Å². The predicted octanol–water partition coefficient (Wildman–Crippen LogP) is 1.84. The van der Waals surface area contributed by atoms with Gasteiger partial charge in [-0.2, -0.15) is 0 Å². The van der Waals surface area contributed by atoms with E-state index in [4.69, 9.17) is 4.74 Å². The van der Waals surface area contributed by atoms with Crippen LogP contribution in [0, 0.1) is 0 Å². The molecule has 1 aromatic carbocycles. The second-order valence-electron chi connectivity index (χ2n) is 6.66. The average Bonchev–Trinajstić information content (AvgIpc) is 3.23. The summed E-state index contributed by atoms with van der Waals surface area (Å²) in [6.07, 6.45) is 4.00. The van der Waals surface area contributed by atoms with Crippen LogP contribution in [0.5, 0.6) is 5.75 Å². The van der Waals surface area contributed by atoms with E-state index >= 15 is 0 Å². The molecule has 2 aliphatic heterocycles. The minimum absolute atomic E-state index is 0.0400. The molecule has 1 aromatic heterocycles. The summed E-state index contributed by atoms with van der Waals surface area (Å²) >= 11 is 0. The molecule has 3 heterocycles. The van der Waals surface area contributed by atoms with Gasteiger partial charge in [-0.15, -0.1) is 0 Å². The first-order valence-electron chi connectivity index (χ1n) is 8.76. The largest absolute Gasteiger partial charge is 0.489 e. The molecule has 2 saturated heterocycles. The number of benzene rings is 1. The number of nitrogens with zero attached hydrogens (tertiary/aromatic N) is 3. The molecule has 0 radical (unpaired) electrons. The third-order valence-corrected chi connectivity index (χ3v) is 4.84. The van der Waals surface area contributed by atoms with E-state index in [1.54, 1.807) is 6.20 Å². The van der Waals surface area contributed by atoms with E-state index in [1.165, 1.54) is 4.90 Å². The maximum atomic E-state index is 12.2. The number of likely N-dealkylation sites (tertiary alicyclic amines) is 2. The van der Waals surface area contributed by atoms with Crippen LogP contribution >= 0.6 is 0 Å². The maximum absolute atomic E-state index is 12.2. The number of amides is 2. The lowest BCUT2D eigenvalue weighted by molar-refractivity contribution is -0.142. The third kappa shape index (κ3) is 3.49. The zero-order valence-corrected chi connectivity index (χ0v) is 14.1. The Bertz CT molecular complexity index is 807. The van der Waals surface area contributed by atoms with Crippen LogP contribution in [0.15, 0.2) is 36.5 Å². The molecule has 2 amide bonds. The zero-order valence-electron chi connectivity index (χ0n) is 14.1. The highest BCUT2D eigenvalue weighted by atomic mass is 16.5. The van der Waals surface area contributed by atoms with E-state index in [1.807, 2.05) is 30.3 Å². The molecule has 6 nitrogen and oxygen atoms in total. The van der Waals surface area contributed by atoms with Gasteiger partial charge in [0, 0.05) is 37.6 Å². The van der Waals surface area contributed by atoms with Crippen LogP contribution in [0.4, 0.5) is 0 Å². The number of hydrogen-bond acceptors (Lipinski definition) is 5. The van der Waals surface area contributed by atoms with Crippen LogP contribution in [0.25, 0.3) is 10.9 Å². The lowest BCUT2D eigenvalue weighted by Gasteiger charge is -2.20. The van der Waals surface area contributed by atoms with Crippen molar-refractivity contribution < 1.29 is 14.3 Å². The number of aromatic nitrogens is 1. The van der Waals surface area contributed by atoms with Gasteiger partial charge >= 0.3 is 0 Å². The number of carbonyl (C=O) groups is 2. The predicted molar refractivity (Wildman–Crippen MR) is 93.2 cm³/mol. The van der Waals surface area contributed by atoms with E-state index in [2.05, 4.69) is 9.88 Å². The number of carbonyl (C=O) groups excluding carboxylic acids is 2. The van der Waals surface area contributed by atoms with Crippen molar-refractivity contribution in [3.05, 3.63) is 36.5 Å². The fourth-order valence-corrected chi connectivity index (χ4v) is 3.54. The van der Waals surface area contributed by atoms with Crippen LogP contribution in [0.1, 0.15) is 19.3 Å². The van der Waals surface area contributed by atoms with E-state index in [9.17, 15) is 9.59 Å². The smallest absolute Gasteiger partial charge is 0.243 e. The Morgan fingerprint density at radius 1 is 1.28 bits per heavy atom. The van der Waals surface area contributed by atoms with Crippen molar-refractivity contribution in [2.45, 2.75) is 25.4 Å². The van der Waals surface area contributed by atoms with Crippen LogP contribution in [0.2, 0.25) is 0 Å². The van der Waals surface area contributed by atoms with Gasteiger partial charge < -0.3 is 4.74 Å².